The van der Waals surface area contributed by atoms with Gasteiger partial charge in [0.15, 0.2) is 5.96 Å². The van der Waals surface area contributed by atoms with E-state index in [9.17, 15) is 0 Å². The molecule has 0 aliphatic heterocycles. The van der Waals surface area contributed by atoms with Crippen molar-refractivity contribution in [2.45, 2.75) is 20.0 Å². The van der Waals surface area contributed by atoms with Crippen molar-refractivity contribution >= 4 is 35.8 Å². The molecule has 2 aromatic rings. The lowest BCUT2D eigenvalue weighted by Gasteiger charge is -2.23. The number of pyridine rings is 1. The smallest absolute Gasteiger partial charge is 0.193 e. The SMILES string of the molecule is CCOc1ccc(CN(C)C(=NC)NCc2cccnc2N(C)C)cc1.I. The summed E-state index contributed by atoms with van der Waals surface area (Å²) in [5, 5.41) is 3.42. The Hall–Kier alpha value is -2.03. The third-order valence-electron chi connectivity index (χ3n) is 3.96. The van der Waals surface area contributed by atoms with Gasteiger partial charge in [0.2, 0.25) is 0 Å². The van der Waals surface area contributed by atoms with Crippen LogP contribution in [0.25, 0.3) is 0 Å². The van der Waals surface area contributed by atoms with Crippen LogP contribution >= 0.6 is 24.0 Å². The van der Waals surface area contributed by atoms with Crippen molar-refractivity contribution < 1.29 is 4.74 Å². The number of aliphatic imine (C=N–C) groups is 1. The maximum atomic E-state index is 5.49. The second-order valence-electron chi connectivity index (χ2n) is 6.21. The third kappa shape index (κ3) is 6.89. The maximum Gasteiger partial charge on any atom is 0.193 e. The molecule has 148 valence electrons. The van der Waals surface area contributed by atoms with E-state index < -0.39 is 0 Å². The van der Waals surface area contributed by atoms with Crippen LogP contribution in [0.2, 0.25) is 0 Å². The Balaban J connectivity index is 0.00000364. The minimum absolute atomic E-state index is 0. The van der Waals surface area contributed by atoms with Crippen molar-refractivity contribution in [3.63, 3.8) is 0 Å². The van der Waals surface area contributed by atoms with Crippen molar-refractivity contribution in [1.29, 1.82) is 0 Å². The van der Waals surface area contributed by atoms with Crippen LogP contribution in [0, 0.1) is 0 Å². The Labute approximate surface area is 179 Å². The molecule has 0 unspecified atom stereocenters. The van der Waals surface area contributed by atoms with E-state index in [1.807, 2.05) is 57.4 Å². The fourth-order valence-corrected chi connectivity index (χ4v) is 2.74. The number of ether oxygens (including phenoxy) is 1. The first-order chi connectivity index (χ1) is 12.5. The highest BCUT2D eigenvalue weighted by molar-refractivity contribution is 14.0. The van der Waals surface area contributed by atoms with Gasteiger partial charge >= 0.3 is 0 Å². The van der Waals surface area contributed by atoms with Crippen LogP contribution in [0.1, 0.15) is 18.1 Å². The number of benzene rings is 1. The van der Waals surface area contributed by atoms with Gasteiger partial charge in [-0.15, -0.1) is 24.0 Å². The van der Waals surface area contributed by atoms with Gasteiger partial charge in [-0.3, -0.25) is 4.99 Å². The van der Waals surface area contributed by atoms with E-state index in [2.05, 4.69) is 38.4 Å². The summed E-state index contributed by atoms with van der Waals surface area (Å²) in [5.41, 5.74) is 2.34. The first-order valence-electron chi connectivity index (χ1n) is 8.79. The summed E-state index contributed by atoms with van der Waals surface area (Å²) in [7, 11) is 7.83. The lowest BCUT2D eigenvalue weighted by molar-refractivity contribution is 0.340. The first-order valence-corrected chi connectivity index (χ1v) is 8.79. The fraction of sp³-hybridized carbons (Fsp3) is 0.400. The summed E-state index contributed by atoms with van der Waals surface area (Å²) in [5.74, 6) is 2.70. The number of anilines is 1. The number of nitrogens with zero attached hydrogens (tertiary/aromatic N) is 4. The van der Waals surface area contributed by atoms with E-state index in [4.69, 9.17) is 4.74 Å². The Morgan fingerprint density at radius 3 is 2.44 bits per heavy atom. The van der Waals surface area contributed by atoms with Crippen molar-refractivity contribution in [3.05, 3.63) is 53.7 Å². The second-order valence-corrected chi connectivity index (χ2v) is 6.21. The Bertz CT molecular complexity index is 719. The van der Waals surface area contributed by atoms with Crippen molar-refractivity contribution in [1.82, 2.24) is 15.2 Å². The van der Waals surface area contributed by atoms with E-state index in [0.717, 1.165) is 29.6 Å². The lowest BCUT2D eigenvalue weighted by Crippen LogP contribution is -2.38. The monoisotopic (exact) mass is 483 g/mol. The maximum absolute atomic E-state index is 5.49. The number of nitrogens with one attached hydrogen (secondary N) is 1. The Morgan fingerprint density at radius 1 is 1.15 bits per heavy atom. The molecule has 0 radical (unpaired) electrons. The summed E-state index contributed by atoms with van der Waals surface area (Å²) in [6.45, 7) is 4.10. The highest BCUT2D eigenvalue weighted by Crippen LogP contribution is 2.15. The molecular weight excluding hydrogens is 453 g/mol. The lowest BCUT2D eigenvalue weighted by atomic mass is 10.2. The number of aromatic nitrogens is 1. The molecular formula is C20H30IN5O. The van der Waals surface area contributed by atoms with Crippen LogP contribution in [-0.2, 0) is 13.1 Å². The topological polar surface area (TPSA) is 53.0 Å². The van der Waals surface area contributed by atoms with Crippen LogP contribution in [0.4, 0.5) is 5.82 Å². The summed E-state index contributed by atoms with van der Waals surface area (Å²) in [6.07, 6.45) is 1.81. The molecule has 0 aliphatic rings. The number of halogens is 1. The molecule has 7 heteroatoms. The molecule has 0 aliphatic carbocycles. The molecule has 0 atom stereocenters. The number of guanidine groups is 1. The fourth-order valence-electron chi connectivity index (χ4n) is 2.74. The van der Waals surface area contributed by atoms with E-state index in [1.165, 1.54) is 5.56 Å². The largest absolute Gasteiger partial charge is 0.494 e. The van der Waals surface area contributed by atoms with Gasteiger partial charge < -0.3 is 19.9 Å². The zero-order valence-corrected chi connectivity index (χ0v) is 19.1. The molecule has 0 bridgehead atoms. The Morgan fingerprint density at radius 2 is 1.85 bits per heavy atom. The molecule has 0 spiro atoms. The van der Waals surface area contributed by atoms with Gasteiger partial charge in [0.05, 0.1) is 6.61 Å². The molecule has 0 saturated carbocycles. The normalized spacial score (nSPS) is 10.8. The molecule has 0 amide bonds. The van der Waals surface area contributed by atoms with E-state index in [1.54, 1.807) is 7.05 Å². The van der Waals surface area contributed by atoms with Gasteiger partial charge in [-0.05, 0) is 30.7 Å². The van der Waals surface area contributed by atoms with Crippen LogP contribution in [0.5, 0.6) is 5.75 Å². The molecule has 1 heterocycles. The average Bonchev–Trinajstić information content (AvgIpc) is 2.64. The van der Waals surface area contributed by atoms with Gasteiger partial charge in [-0.2, -0.15) is 0 Å². The predicted molar refractivity (Wildman–Crippen MR) is 123 cm³/mol. The van der Waals surface area contributed by atoms with Gasteiger partial charge in [-0.1, -0.05) is 18.2 Å². The third-order valence-corrected chi connectivity index (χ3v) is 3.96. The second kappa shape index (κ2) is 11.6. The van der Waals surface area contributed by atoms with E-state index in [0.29, 0.717) is 13.2 Å². The molecule has 0 saturated heterocycles. The predicted octanol–water partition coefficient (Wildman–Crippen LogP) is 3.37. The van der Waals surface area contributed by atoms with Crippen molar-refractivity contribution in [2.24, 2.45) is 4.99 Å². The van der Waals surface area contributed by atoms with Crippen LogP contribution in [-0.4, -0.2) is 50.6 Å². The van der Waals surface area contributed by atoms with Crippen molar-refractivity contribution in [3.8, 4) is 5.75 Å². The summed E-state index contributed by atoms with van der Waals surface area (Å²) < 4.78 is 5.49. The van der Waals surface area contributed by atoms with Crippen LogP contribution in [0.3, 0.4) is 0 Å². The zero-order chi connectivity index (χ0) is 18.9. The van der Waals surface area contributed by atoms with Crippen LogP contribution < -0.4 is 15.0 Å². The highest BCUT2D eigenvalue weighted by atomic mass is 127. The van der Waals surface area contributed by atoms with Gasteiger partial charge in [0, 0.05) is 53.0 Å². The number of rotatable bonds is 7. The summed E-state index contributed by atoms with van der Waals surface area (Å²) in [6, 6.07) is 12.2. The molecule has 27 heavy (non-hydrogen) atoms. The molecule has 1 aromatic heterocycles. The molecule has 1 N–H and O–H groups in total. The number of hydrogen-bond donors (Lipinski definition) is 1. The van der Waals surface area contributed by atoms with Gasteiger partial charge in [0.25, 0.3) is 0 Å². The van der Waals surface area contributed by atoms with E-state index >= 15 is 0 Å². The number of hydrogen-bond acceptors (Lipinski definition) is 4. The highest BCUT2D eigenvalue weighted by Gasteiger charge is 2.10. The molecule has 0 fully saturated rings. The minimum Gasteiger partial charge on any atom is -0.494 e. The quantitative estimate of drug-likeness (QED) is 0.372. The molecule has 1 aromatic carbocycles. The van der Waals surface area contributed by atoms with E-state index in [-0.39, 0.29) is 24.0 Å². The van der Waals surface area contributed by atoms with Gasteiger partial charge in [-0.25, -0.2) is 4.98 Å². The molecule has 6 nitrogen and oxygen atoms in total. The van der Waals surface area contributed by atoms with Crippen molar-refractivity contribution in [2.75, 3.05) is 39.7 Å². The van der Waals surface area contributed by atoms with Crippen LogP contribution in [0.15, 0.2) is 47.6 Å². The zero-order valence-electron chi connectivity index (χ0n) is 16.8. The van der Waals surface area contributed by atoms with Gasteiger partial charge in [0.1, 0.15) is 11.6 Å². The first kappa shape index (κ1) is 23.0. The Kier molecular flexibility index (Phi) is 9.92. The molecule has 2 rings (SSSR count). The summed E-state index contributed by atoms with van der Waals surface area (Å²) >= 11 is 0. The standard InChI is InChI=1S/C20H29N5O.HI/c1-6-26-18-11-9-16(10-12-18)15-25(5)20(21-2)23-14-17-8-7-13-22-19(17)24(3)4;/h7-13H,6,14-15H2,1-5H3,(H,21,23);1H. The minimum atomic E-state index is 0. The summed E-state index contributed by atoms with van der Waals surface area (Å²) in [4.78, 5) is 12.9. The average molecular weight is 483 g/mol.